The summed E-state index contributed by atoms with van der Waals surface area (Å²) in [5.41, 5.74) is 2.89. The summed E-state index contributed by atoms with van der Waals surface area (Å²) in [5.74, 6) is 1.63. The van der Waals surface area contributed by atoms with Crippen molar-refractivity contribution >= 4 is 11.8 Å². The Morgan fingerprint density at radius 3 is 2.59 bits per heavy atom. The molecule has 0 spiro atoms. The molecule has 2 aromatic rings. The third-order valence-electron chi connectivity index (χ3n) is 5.88. The van der Waals surface area contributed by atoms with Gasteiger partial charge in [0.2, 0.25) is 11.7 Å². The second-order valence-electron chi connectivity index (χ2n) is 8.23. The van der Waals surface area contributed by atoms with Gasteiger partial charge in [0.15, 0.2) is 0 Å². The third-order valence-corrected chi connectivity index (χ3v) is 5.88. The Bertz CT molecular complexity index is 915. The number of fused-ring (bicyclic) bond motifs is 1. The van der Waals surface area contributed by atoms with E-state index in [0.29, 0.717) is 31.9 Å². The molecule has 0 aliphatic carbocycles. The number of piperidine rings is 1. The molecule has 8 nitrogen and oxygen atoms in total. The smallest absolute Gasteiger partial charge is 0.292 e. The summed E-state index contributed by atoms with van der Waals surface area (Å²) in [7, 11) is 0. The average Bonchev–Trinajstić information content (AvgIpc) is 3.23. The van der Waals surface area contributed by atoms with E-state index in [2.05, 4.69) is 10.1 Å². The molecule has 2 aromatic heterocycles. The highest BCUT2D eigenvalue weighted by atomic mass is 16.5. The van der Waals surface area contributed by atoms with Crippen molar-refractivity contribution in [3.05, 3.63) is 40.8 Å². The number of hydrogen-bond acceptors (Lipinski definition) is 6. The Hall–Kier alpha value is -2.77. The molecule has 8 heteroatoms. The van der Waals surface area contributed by atoms with Crippen molar-refractivity contribution in [2.75, 3.05) is 19.6 Å². The Morgan fingerprint density at radius 1 is 1.17 bits per heavy atom. The SMILES string of the molecule is CC(=O)N1CCc2nc(C3CCN(C(=O)c4cc(C(C)C)no4)CC3)ncc2C1. The lowest BCUT2D eigenvalue weighted by Crippen LogP contribution is -2.38. The third kappa shape index (κ3) is 4.02. The lowest BCUT2D eigenvalue weighted by molar-refractivity contribution is -0.129. The summed E-state index contributed by atoms with van der Waals surface area (Å²) in [6.07, 6.45) is 4.29. The molecule has 154 valence electrons. The van der Waals surface area contributed by atoms with Crippen molar-refractivity contribution in [1.29, 1.82) is 0 Å². The van der Waals surface area contributed by atoms with Crippen molar-refractivity contribution in [3.8, 4) is 0 Å². The van der Waals surface area contributed by atoms with Crippen LogP contribution in [0, 0.1) is 0 Å². The van der Waals surface area contributed by atoms with Crippen LogP contribution in [0.15, 0.2) is 16.8 Å². The first-order valence-corrected chi connectivity index (χ1v) is 10.3. The zero-order valence-electron chi connectivity index (χ0n) is 17.2. The number of rotatable bonds is 3. The molecule has 4 rings (SSSR count). The van der Waals surface area contributed by atoms with Gasteiger partial charge in [-0.2, -0.15) is 0 Å². The van der Waals surface area contributed by atoms with Crippen LogP contribution in [0.2, 0.25) is 0 Å². The molecule has 2 aliphatic heterocycles. The number of carbonyl (C=O) groups excluding carboxylic acids is 2. The summed E-state index contributed by atoms with van der Waals surface area (Å²) in [4.78, 5) is 37.3. The molecule has 0 unspecified atom stereocenters. The van der Waals surface area contributed by atoms with Crippen LogP contribution >= 0.6 is 0 Å². The van der Waals surface area contributed by atoms with Crippen molar-refractivity contribution in [3.63, 3.8) is 0 Å². The van der Waals surface area contributed by atoms with Gasteiger partial charge >= 0.3 is 0 Å². The quantitative estimate of drug-likeness (QED) is 0.790. The predicted octanol–water partition coefficient (Wildman–Crippen LogP) is 2.51. The maximum atomic E-state index is 12.7. The second kappa shape index (κ2) is 7.93. The molecule has 0 saturated carbocycles. The zero-order valence-corrected chi connectivity index (χ0v) is 17.2. The van der Waals surface area contributed by atoms with Gasteiger partial charge in [-0.05, 0) is 18.8 Å². The Morgan fingerprint density at radius 2 is 1.93 bits per heavy atom. The van der Waals surface area contributed by atoms with E-state index in [9.17, 15) is 9.59 Å². The molecule has 1 saturated heterocycles. The summed E-state index contributed by atoms with van der Waals surface area (Å²) < 4.78 is 5.25. The molecule has 0 atom stereocenters. The summed E-state index contributed by atoms with van der Waals surface area (Å²) >= 11 is 0. The van der Waals surface area contributed by atoms with Crippen LogP contribution in [0.5, 0.6) is 0 Å². The summed E-state index contributed by atoms with van der Waals surface area (Å²) in [5, 5.41) is 3.98. The van der Waals surface area contributed by atoms with Gasteiger partial charge in [0, 0.05) is 63.3 Å². The van der Waals surface area contributed by atoms with Gasteiger partial charge in [0.05, 0.1) is 11.4 Å². The van der Waals surface area contributed by atoms with Gasteiger partial charge in [-0.3, -0.25) is 9.59 Å². The number of hydrogen-bond donors (Lipinski definition) is 0. The van der Waals surface area contributed by atoms with Crippen molar-refractivity contribution in [2.45, 2.75) is 58.4 Å². The first-order chi connectivity index (χ1) is 13.9. The largest absolute Gasteiger partial charge is 0.351 e. The van der Waals surface area contributed by atoms with E-state index in [1.165, 1.54) is 0 Å². The second-order valence-corrected chi connectivity index (χ2v) is 8.23. The number of aromatic nitrogens is 3. The Kier molecular flexibility index (Phi) is 5.34. The van der Waals surface area contributed by atoms with Crippen LogP contribution < -0.4 is 0 Å². The Labute approximate surface area is 170 Å². The van der Waals surface area contributed by atoms with E-state index in [1.807, 2.05) is 29.8 Å². The normalized spacial score (nSPS) is 17.5. The molecule has 29 heavy (non-hydrogen) atoms. The standard InChI is InChI=1S/C21H27N5O3/c1-13(2)18-10-19(29-24-18)21(28)25-7-4-15(5-8-25)20-22-11-16-12-26(14(3)27)9-6-17(16)23-20/h10-11,13,15H,4-9,12H2,1-3H3. The minimum absolute atomic E-state index is 0.0871. The number of likely N-dealkylation sites (tertiary alicyclic amines) is 1. The maximum Gasteiger partial charge on any atom is 0.292 e. The van der Waals surface area contributed by atoms with E-state index in [4.69, 9.17) is 9.51 Å². The fourth-order valence-electron chi connectivity index (χ4n) is 3.96. The molecule has 1 fully saturated rings. The van der Waals surface area contributed by atoms with Crippen molar-refractivity contribution in [2.24, 2.45) is 0 Å². The minimum atomic E-state index is -0.0986. The van der Waals surface area contributed by atoms with Gasteiger partial charge in [0.1, 0.15) is 5.82 Å². The average molecular weight is 397 g/mol. The predicted molar refractivity (Wildman–Crippen MR) is 105 cm³/mol. The molecular formula is C21H27N5O3. The molecule has 0 N–H and O–H groups in total. The first kappa shape index (κ1) is 19.5. The fraction of sp³-hybridized carbons (Fsp3) is 0.571. The van der Waals surface area contributed by atoms with Crippen LogP contribution in [0.3, 0.4) is 0 Å². The summed E-state index contributed by atoms with van der Waals surface area (Å²) in [6, 6.07) is 1.75. The lowest BCUT2D eigenvalue weighted by Gasteiger charge is -2.31. The molecule has 0 aromatic carbocycles. The van der Waals surface area contributed by atoms with Gasteiger partial charge in [-0.15, -0.1) is 0 Å². The van der Waals surface area contributed by atoms with Gasteiger partial charge < -0.3 is 14.3 Å². The molecule has 2 aliphatic rings. The van der Waals surface area contributed by atoms with E-state index in [0.717, 1.165) is 42.0 Å². The van der Waals surface area contributed by atoms with E-state index in [1.54, 1.807) is 13.0 Å². The highest BCUT2D eigenvalue weighted by molar-refractivity contribution is 5.91. The molecule has 4 heterocycles. The van der Waals surface area contributed by atoms with E-state index < -0.39 is 0 Å². The van der Waals surface area contributed by atoms with Gasteiger partial charge in [-0.25, -0.2) is 9.97 Å². The van der Waals surface area contributed by atoms with Crippen LogP contribution in [0.1, 0.15) is 78.8 Å². The van der Waals surface area contributed by atoms with Gasteiger partial charge in [0.25, 0.3) is 5.91 Å². The zero-order chi connectivity index (χ0) is 20.5. The monoisotopic (exact) mass is 397 g/mol. The highest BCUT2D eigenvalue weighted by Gasteiger charge is 2.29. The topological polar surface area (TPSA) is 92.4 Å². The number of amides is 2. The maximum absolute atomic E-state index is 12.7. The van der Waals surface area contributed by atoms with E-state index >= 15 is 0 Å². The highest BCUT2D eigenvalue weighted by Crippen LogP contribution is 2.28. The first-order valence-electron chi connectivity index (χ1n) is 10.3. The van der Waals surface area contributed by atoms with E-state index in [-0.39, 0.29) is 23.7 Å². The molecular weight excluding hydrogens is 370 g/mol. The number of nitrogens with zero attached hydrogens (tertiary/aromatic N) is 5. The van der Waals surface area contributed by atoms with Crippen LogP contribution in [-0.4, -0.2) is 56.4 Å². The van der Waals surface area contributed by atoms with Gasteiger partial charge in [-0.1, -0.05) is 19.0 Å². The molecule has 0 radical (unpaired) electrons. The van der Waals surface area contributed by atoms with Crippen LogP contribution in [0.25, 0.3) is 0 Å². The van der Waals surface area contributed by atoms with Crippen molar-refractivity contribution < 1.29 is 14.1 Å². The summed E-state index contributed by atoms with van der Waals surface area (Å²) in [6.45, 7) is 8.24. The fourth-order valence-corrected chi connectivity index (χ4v) is 3.96. The minimum Gasteiger partial charge on any atom is -0.351 e. The molecule has 0 bridgehead atoms. The lowest BCUT2D eigenvalue weighted by atomic mass is 9.95. The van der Waals surface area contributed by atoms with Crippen LogP contribution in [-0.2, 0) is 17.8 Å². The van der Waals surface area contributed by atoms with Crippen LogP contribution in [0.4, 0.5) is 0 Å². The number of carbonyl (C=O) groups is 2. The Balaban J connectivity index is 1.38. The van der Waals surface area contributed by atoms with Crippen molar-refractivity contribution in [1.82, 2.24) is 24.9 Å². The molecule has 2 amide bonds.